The third-order valence-corrected chi connectivity index (χ3v) is 3.47. The molecular weight excluding hydrogens is 313 g/mol. The van der Waals surface area contributed by atoms with Crippen LogP contribution >= 0.6 is 23.2 Å². The summed E-state index contributed by atoms with van der Waals surface area (Å²) in [6.45, 7) is 5.82. The highest BCUT2D eigenvalue weighted by atomic mass is 35.5. The predicted molar refractivity (Wildman–Crippen MR) is 82.0 cm³/mol. The van der Waals surface area contributed by atoms with Gasteiger partial charge in [-0.3, -0.25) is 0 Å². The lowest BCUT2D eigenvalue weighted by molar-refractivity contribution is 0.0488. The number of carbonyl (C=O) groups is 1. The van der Waals surface area contributed by atoms with E-state index in [0.717, 1.165) is 0 Å². The van der Waals surface area contributed by atoms with Crippen molar-refractivity contribution in [3.8, 4) is 11.5 Å². The number of hydrogen-bond donors (Lipinski definition) is 0. The highest BCUT2D eigenvalue weighted by Crippen LogP contribution is 2.36. The van der Waals surface area contributed by atoms with Crippen molar-refractivity contribution in [1.82, 2.24) is 4.98 Å². The number of hydrogen-bond acceptors (Lipinski definition) is 4. The smallest absolute Gasteiger partial charge is 0.376 e. The molecule has 21 heavy (non-hydrogen) atoms. The summed E-state index contributed by atoms with van der Waals surface area (Å²) in [6.07, 6.45) is 0. The maximum Gasteiger partial charge on any atom is 0.376 e. The molecule has 0 aliphatic heterocycles. The summed E-state index contributed by atoms with van der Waals surface area (Å²) in [5.41, 5.74) is 0.998. The van der Waals surface area contributed by atoms with E-state index in [2.05, 4.69) is 4.98 Å². The highest BCUT2D eigenvalue weighted by molar-refractivity contribution is 6.38. The minimum Gasteiger partial charge on any atom is -0.460 e. The van der Waals surface area contributed by atoms with Crippen LogP contribution in [0.25, 0.3) is 11.5 Å². The van der Waals surface area contributed by atoms with Crippen LogP contribution in [0.15, 0.2) is 22.6 Å². The van der Waals surface area contributed by atoms with Gasteiger partial charge in [0.15, 0.2) is 0 Å². The lowest BCUT2D eigenvalue weighted by Gasteiger charge is -2.02. The van der Waals surface area contributed by atoms with Crippen molar-refractivity contribution in [3.63, 3.8) is 0 Å². The third-order valence-electron chi connectivity index (χ3n) is 2.84. The zero-order valence-corrected chi connectivity index (χ0v) is 13.5. The first-order valence-electron chi connectivity index (χ1n) is 6.57. The Bertz CT molecular complexity index is 645. The molecule has 4 nitrogen and oxygen atoms in total. The molecule has 0 radical (unpaired) electrons. The predicted octanol–water partition coefficient (Wildman–Crippen LogP) is 4.95. The average molecular weight is 328 g/mol. The van der Waals surface area contributed by atoms with Crippen molar-refractivity contribution in [1.29, 1.82) is 0 Å². The van der Waals surface area contributed by atoms with Crippen molar-refractivity contribution in [3.05, 3.63) is 39.7 Å². The van der Waals surface area contributed by atoms with Gasteiger partial charge in [-0.15, -0.1) is 0 Å². The Balaban J connectivity index is 2.57. The van der Waals surface area contributed by atoms with Gasteiger partial charge >= 0.3 is 5.97 Å². The Labute approximate surface area is 133 Å². The molecule has 0 N–H and O–H groups in total. The quantitative estimate of drug-likeness (QED) is 0.745. The van der Waals surface area contributed by atoms with E-state index in [9.17, 15) is 4.79 Å². The molecule has 6 heteroatoms. The molecule has 1 heterocycles. The average Bonchev–Trinajstić information content (AvgIpc) is 2.84. The first-order chi connectivity index (χ1) is 9.95. The van der Waals surface area contributed by atoms with E-state index in [1.165, 1.54) is 0 Å². The number of ether oxygens (including phenoxy) is 1. The van der Waals surface area contributed by atoms with E-state index in [-0.39, 0.29) is 24.2 Å². The van der Waals surface area contributed by atoms with E-state index in [1.807, 2.05) is 13.8 Å². The maximum absolute atomic E-state index is 12.0. The molecule has 0 bridgehead atoms. The fourth-order valence-electron chi connectivity index (χ4n) is 1.88. The zero-order chi connectivity index (χ0) is 15.6. The van der Waals surface area contributed by atoms with Gasteiger partial charge in [-0.05, 0) is 25.0 Å². The molecule has 0 atom stereocenters. The molecule has 0 fully saturated rings. The molecule has 1 aromatic heterocycles. The van der Waals surface area contributed by atoms with E-state index in [1.54, 1.807) is 25.1 Å². The van der Waals surface area contributed by atoms with E-state index >= 15 is 0 Å². The van der Waals surface area contributed by atoms with E-state index in [0.29, 0.717) is 21.3 Å². The Morgan fingerprint density at radius 3 is 2.48 bits per heavy atom. The molecule has 0 amide bonds. The molecule has 2 aromatic rings. The van der Waals surface area contributed by atoms with Crippen molar-refractivity contribution in [2.75, 3.05) is 6.61 Å². The second-order valence-electron chi connectivity index (χ2n) is 4.71. The van der Waals surface area contributed by atoms with Crippen LogP contribution in [0.1, 0.15) is 42.9 Å². The molecule has 2 rings (SSSR count). The normalized spacial score (nSPS) is 11.0. The number of oxazole rings is 1. The first-order valence-corrected chi connectivity index (χ1v) is 7.33. The Kier molecular flexibility index (Phi) is 4.91. The van der Waals surface area contributed by atoms with Gasteiger partial charge in [0.1, 0.15) is 0 Å². The van der Waals surface area contributed by atoms with Crippen LogP contribution in [0.3, 0.4) is 0 Å². The molecule has 0 aliphatic rings. The Morgan fingerprint density at radius 1 is 1.33 bits per heavy atom. The minimum atomic E-state index is -0.539. The SMILES string of the molecule is CCOC(=O)c1oc(-c2c(Cl)cccc2Cl)nc1C(C)C. The topological polar surface area (TPSA) is 52.3 Å². The van der Waals surface area contributed by atoms with Crippen LogP contribution in [0.5, 0.6) is 0 Å². The summed E-state index contributed by atoms with van der Waals surface area (Å²) in [7, 11) is 0. The van der Waals surface area contributed by atoms with Crippen molar-refractivity contribution in [2.45, 2.75) is 26.7 Å². The molecule has 0 unspecified atom stereocenters. The summed E-state index contributed by atoms with van der Waals surface area (Å²) >= 11 is 12.3. The van der Waals surface area contributed by atoms with Crippen LogP contribution < -0.4 is 0 Å². The van der Waals surface area contributed by atoms with Gasteiger partial charge < -0.3 is 9.15 Å². The number of aromatic nitrogens is 1. The monoisotopic (exact) mass is 327 g/mol. The first kappa shape index (κ1) is 15.9. The Hall–Kier alpha value is -1.52. The summed E-state index contributed by atoms with van der Waals surface area (Å²) in [5.74, 6) is -0.221. The number of esters is 1. The van der Waals surface area contributed by atoms with Crippen LogP contribution in [-0.4, -0.2) is 17.6 Å². The van der Waals surface area contributed by atoms with Crippen molar-refractivity contribution >= 4 is 29.2 Å². The van der Waals surface area contributed by atoms with Gasteiger partial charge in [-0.25, -0.2) is 9.78 Å². The molecule has 112 valence electrons. The lowest BCUT2D eigenvalue weighted by atomic mass is 10.1. The zero-order valence-electron chi connectivity index (χ0n) is 11.9. The van der Waals surface area contributed by atoms with Gasteiger partial charge in [-0.1, -0.05) is 43.1 Å². The molecule has 0 saturated carbocycles. The van der Waals surface area contributed by atoms with Crippen LogP contribution in [0, 0.1) is 0 Å². The number of rotatable bonds is 4. The van der Waals surface area contributed by atoms with E-state index in [4.69, 9.17) is 32.4 Å². The number of benzene rings is 1. The van der Waals surface area contributed by atoms with Gasteiger partial charge in [0, 0.05) is 0 Å². The third kappa shape index (κ3) is 3.22. The molecule has 0 saturated heterocycles. The molecule has 0 aliphatic carbocycles. The second-order valence-corrected chi connectivity index (χ2v) is 5.52. The number of halogens is 2. The summed E-state index contributed by atoms with van der Waals surface area (Å²) in [4.78, 5) is 16.3. The summed E-state index contributed by atoms with van der Waals surface area (Å²) < 4.78 is 10.6. The van der Waals surface area contributed by atoms with Gasteiger partial charge in [0.2, 0.25) is 11.7 Å². The highest BCUT2D eigenvalue weighted by Gasteiger charge is 2.25. The fourth-order valence-corrected chi connectivity index (χ4v) is 2.43. The standard InChI is InChI=1S/C15H15Cl2NO3/c1-4-20-15(19)13-12(8(2)3)18-14(21-13)11-9(16)6-5-7-10(11)17/h5-8H,4H2,1-3H3. The molecule has 1 aromatic carbocycles. The van der Waals surface area contributed by atoms with Crippen LogP contribution in [0.2, 0.25) is 10.0 Å². The van der Waals surface area contributed by atoms with Crippen molar-refractivity contribution < 1.29 is 13.9 Å². The van der Waals surface area contributed by atoms with E-state index < -0.39 is 5.97 Å². The second kappa shape index (κ2) is 6.50. The van der Waals surface area contributed by atoms with Gasteiger partial charge in [-0.2, -0.15) is 0 Å². The van der Waals surface area contributed by atoms with Crippen LogP contribution in [-0.2, 0) is 4.74 Å². The minimum absolute atomic E-state index is 0.00293. The summed E-state index contributed by atoms with van der Waals surface area (Å²) in [5, 5.41) is 0.823. The Morgan fingerprint density at radius 2 is 1.95 bits per heavy atom. The maximum atomic E-state index is 12.0. The molecular formula is C15H15Cl2NO3. The summed E-state index contributed by atoms with van der Waals surface area (Å²) in [6, 6.07) is 5.10. The van der Waals surface area contributed by atoms with Crippen LogP contribution in [0.4, 0.5) is 0 Å². The number of carbonyl (C=O) groups excluding carboxylic acids is 1. The molecule has 0 spiro atoms. The van der Waals surface area contributed by atoms with Crippen molar-refractivity contribution in [2.24, 2.45) is 0 Å². The van der Waals surface area contributed by atoms with Gasteiger partial charge in [0.05, 0.1) is 27.9 Å². The fraction of sp³-hybridized carbons (Fsp3) is 0.333. The largest absolute Gasteiger partial charge is 0.460 e. The lowest BCUT2D eigenvalue weighted by Crippen LogP contribution is -2.07. The number of nitrogens with zero attached hydrogens (tertiary/aromatic N) is 1. The van der Waals surface area contributed by atoms with Gasteiger partial charge in [0.25, 0.3) is 0 Å².